The predicted octanol–water partition coefficient (Wildman–Crippen LogP) is 4.88. The van der Waals surface area contributed by atoms with Gasteiger partial charge < -0.3 is 9.55 Å². The first-order chi connectivity index (χ1) is 8.63. The average Bonchev–Trinajstić information content (AvgIpc) is 2.84. The number of rotatable bonds is 2. The van der Waals surface area contributed by atoms with Gasteiger partial charge in [-0.25, -0.2) is 0 Å². The summed E-state index contributed by atoms with van der Waals surface area (Å²) in [7, 11) is 0. The van der Waals surface area contributed by atoms with Crippen molar-refractivity contribution in [3.63, 3.8) is 0 Å². The molecule has 0 saturated heterocycles. The molecule has 0 bridgehead atoms. The van der Waals surface area contributed by atoms with E-state index >= 15 is 0 Å². The van der Waals surface area contributed by atoms with E-state index in [1.807, 2.05) is 0 Å². The van der Waals surface area contributed by atoms with Crippen molar-refractivity contribution in [2.75, 3.05) is 0 Å². The van der Waals surface area contributed by atoms with E-state index in [0.717, 1.165) is 26.1 Å². The molecule has 18 heavy (non-hydrogen) atoms. The van der Waals surface area contributed by atoms with Crippen LogP contribution in [-0.4, -0.2) is 9.55 Å². The molecule has 5 heteroatoms. The number of nitrogens with one attached hydrogen (secondary N) is 1. The van der Waals surface area contributed by atoms with Gasteiger partial charge in [0.25, 0.3) is 0 Å². The number of aromatic nitrogens is 2. The number of hydrogen-bond donors (Lipinski definition) is 1. The molecular formula is C13H11BrN2S2. The van der Waals surface area contributed by atoms with Gasteiger partial charge in [0.1, 0.15) is 0 Å². The van der Waals surface area contributed by atoms with E-state index in [0.29, 0.717) is 0 Å². The second kappa shape index (κ2) is 4.64. The zero-order chi connectivity index (χ0) is 12.7. The number of thiophene rings is 1. The number of aryl methyl sites for hydroxylation is 1. The minimum absolute atomic E-state index is 0.778. The van der Waals surface area contributed by atoms with Gasteiger partial charge in [0, 0.05) is 4.88 Å². The minimum atomic E-state index is 0.778. The molecule has 0 unspecified atom stereocenters. The van der Waals surface area contributed by atoms with Crippen LogP contribution in [0, 0.1) is 11.7 Å². The van der Waals surface area contributed by atoms with E-state index in [-0.39, 0.29) is 0 Å². The lowest BCUT2D eigenvalue weighted by atomic mass is 10.2. The van der Waals surface area contributed by atoms with E-state index in [1.165, 1.54) is 10.4 Å². The van der Waals surface area contributed by atoms with Crippen LogP contribution in [0.3, 0.4) is 0 Å². The number of fused-ring (bicyclic) bond motifs is 1. The third kappa shape index (κ3) is 2.18. The van der Waals surface area contributed by atoms with Crippen molar-refractivity contribution in [2.24, 2.45) is 0 Å². The summed E-state index contributed by atoms with van der Waals surface area (Å²) >= 11 is 10.6. The SMILES string of the molecule is Cc1ccc2c(c1)[nH]c(=S)n2Cc1ccc(Br)s1. The second-order valence-corrected chi connectivity index (χ2v) is 7.18. The summed E-state index contributed by atoms with van der Waals surface area (Å²) in [5.74, 6) is 0. The predicted molar refractivity (Wildman–Crippen MR) is 83.0 cm³/mol. The Morgan fingerprint density at radius 1 is 1.33 bits per heavy atom. The average molecular weight is 339 g/mol. The lowest BCUT2D eigenvalue weighted by molar-refractivity contribution is 0.823. The van der Waals surface area contributed by atoms with E-state index in [9.17, 15) is 0 Å². The molecule has 0 saturated carbocycles. The second-order valence-electron chi connectivity index (χ2n) is 4.24. The smallest absolute Gasteiger partial charge is 0.178 e. The Labute approximate surface area is 122 Å². The minimum Gasteiger partial charge on any atom is -0.331 e. The van der Waals surface area contributed by atoms with Crippen molar-refractivity contribution in [3.8, 4) is 0 Å². The van der Waals surface area contributed by atoms with Gasteiger partial charge in [0.2, 0.25) is 0 Å². The lowest BCUT2D eigenvalue weighted by Crippen LogP contribution is -1.97. The molecule has 92 valence electrons. The van der Waals surface area contributed by atoms with Gasteiger partial charge in [0.05, 0.1) is 21.4 Å². The van der Waals surface area contributed by atoms with E-state index < -0.39 is 0 Å². The van der Waals surface area contributed by atoms with Gasteiger partial charge in [-0.3, -0.25) is 0 Å². The first-order valence-corrected chi connectivity index (χ1v) is 7.58. The molecule has 0 aliphatic carbocycles. The molecule has 0 fully saturated rings. The Balaban J connectivity index is 2.11. The van der Waals surface area contributed by atoms with Crippen LogP contribution >= 0.6 is 39.5 Å². The molecular weight excluding hydrogens is 328 g/mol. The van der Waals surface area contributed by atoms with Gasteiger partial charge in [-0.1, -0.05) is 6.07 Å². The van der Waals surface area contributed by atoms with Gasteiger partial charge in [-0.15, -0.1) is 11.3 Å². The van der Waals surface area contributed by atoms with Crippen LogP contribution in [0.15, 0.2) is 34.1 Å². The number of nitrogens with zero attached hydrogens (tertiary/aromatic N) is 1. The standard InChI is InChI=1S/C13H11BrN2S2/c1-8-2-4-11-10(6-8)15-13(17)16(11)7-9-3-5-12(14)18-9/h2-6H,7H2,1H3,(H,15,17). The van der Waals surface area contributed by atoms with Crippen molar-refractivity contribution in [1.29, 1.82) is 0 Å². The zero-order valence-electron chi connectivity index (χ0n) is 9.74. The molecule has 3 aromatic rings. The summed E-state index contributed by atoms with van der Waals surface area (Å²) in [4.78, 5) is 4.56. The maximum atomic E-state index is 5.40. The summed E-state index contributed by atoms with van der Waals surface area (Å²) in [6.07, 6.45) is 0. The molecule has 2 nitrogen and oxygen atoms in total. The number of H-pyrrole nitrogens is 1. The van der Waals surface area contributed by atoms with Crippen LogP contribution in [0.1, 0.15) is 10.4 Å². The number of halogens is 1. The highest BCUT2D eigenvalue weighted by molar-refractivity contribution is 9.11. The Morgan fingerprint density at radius 2 is 2.17 bits per heavy atom. The zero-order valence-corrected chi connectivity index (χ0v) is 13.0. The maximum Gasteiger partial charge on any atom is 0.178 e. The fraction of sp³-hybridized carbons (Fsp3) is 0.154. The fourth-order valence-corrected chi connectivity index (χ4v) is 3.77. The quantitative estimate of drug-likeness (QED) is 0.660. The van der Waals surface area contributed by atoms with Crippen molar-refractivity contribution >= 4 is 50.5 Å². The highest BCUT2D eigenvalue weighted by Gasteiger charge is 2.06. The number of hydrogen-bond acceptors (Lipinski definition) is 2. The normalized spacial score (nSPS) is 11.2. The van der Waals surface area contributed by atoms with E-state index in [1.54, 1.807) is 11.3 Å². The van der Waals surface area contributed by atoms with E-state index in [4.69, 9.17) is 12.2 Å². The van der Waals surface area contributed by atoms with Gasteiger partial charge in [-0.05, 0) is 64.9 Å². The van der Waals surface area contributed by atoms with Crippen LogP contribution in [0.4, 0.5) is 0 Å². The summed E-state index contributed by atoms with van der Waals surface area (Å²) < 4.78 is 4.07. The van der Waals surface area contributed by atoms with Gasteiger partial charge >= 0.3 is 0 Å². The maximum absolute atomic E-state index is 5.40. The topological polar surface area (TPSA) is 20.7 Å². The molecule has 0 aliphatic rings. The van der Waals surface area contributed by atoms with Gasteiger partial charge in [-0.2, -0.15) is 0 Å². The third-order valence-electron chi connectivity index (χ3n) is 2.87. The molecule has 0 spiro atoms. The molecule has 1 aromatic carbocycles. The van der Waals surface area contributed by atoms with Crippen LogP contribution in [-0.2, 0) is 6.54 Å². The summed E-state index contributed by atoms with van der Waals surface area (Å²) in [5.41, 5.74) is 3.51. The molecule has 0 amide bonds. The first kappa shape index (κ1) is 12.1. The summed E-state index contributed by atoms with van der Waals surface area (Å²) in [5, 5.41) is 0. The summed E-state index contributed by atoms with van der Waals surface area (Å²) in [6.45, 7) is 2.90. The first-order valence-electron chi connectivity index (χ1n) is 5.57. The molecule has 0 radical (unpaired) electrons. The third-order valence-corrected chi connectivity index (χ3v) is 4.80. The van der Waals surface area contributed by atoms with Crippen LogP contribution in [0.5, 0.6) is 0 Å². The van der Waals surface area contributed by atoms with Crippen LogP contribution < -0.4 is 0 Å². The molecule has 1 N–H and O–H groups in total. The Kier molecular flexibility index (Phi) is 3.13. The van der Waals surface area contributed by atoms with Crippen molar-refractivity contribution < 1.29 is 0 Å². The molecule has 3 rings (SSSR count). The number of aromatic amines is 1. The van der Waals surface area contributed by atoms with E-state index in [2.05, 4.69) is 62.7 Å². The highest BCUT2D eigenvalue weighted by atomic mass is 79.9. The Bertz CT molecular complexity index is 767. The lowest BCUT2D eigenvalue weighted by Gasteiger charge is -2.02. The van der Waals surface area contributed by atoms with Crippen LogP contribution in [0.25, 0.3) is 11.0 Å². The van der Waals surface area contributed by atoms with Gasteiger partial charge in [0.15, 0.2) is 4.77 Å². The summed E-state index contributed by atoms with van der Waals surface area (Å²) in [6, 6.07) is 10.6. The molecule has 2 heterocycles. The highest BCUT2D eigenvalue weighted by Crippen LogP contribution is 2.24. The van der Waals surface area contributed by atoms with Crippen LogP contribution in [0.2, 0.25) is 0 Å². The number of imidazole rings is 1. The molecule has 0 aliphatic heterocycles. The number of benzene rings is 1. The fourth-order valence-electron chi connectivity index (χ4n) is 2.03. The Hall–Kier alpha value is -0.910. The molecule has 2 aromatic heterocycles. The van der Waals surface area contributed by atoms with Crippen molar-refractivity contribution in [3.05, 3.63) is 49.3 Å². The monoisotopic (exact) mass is 338 g/mol. The molecule has 0 atom stereocenters. The van der Waals surface area contributed by atoms with Crippen molar-refractivity contribution in [1.82, 2.24) is 9.55 Å². The van der Waals surface area contributed by atoms with Crippen molar-refractivity contribution in [2.45, 2.75) is 13.5 Å². The largest absolute Gasteiger partial charge is 0.331 e. The Morgan fingerprint density at radius 3 is 2.89 bits per heavy atom.